The summed E-state index contributed by atoms with van der Waals surface area (Å²) in [5.74, 6) is 5.78. The summed E-state index contributed by atoms with van der Waals surface area (Å²) in [6, 6.07) is 1.37. The normalized spacial score (nSPS) is 34.5. The molecular formula is C12H25N3O. The lowest BCUT2D eigenvalue weighted by Crippen LogP contribution is -2.49. The Kier molecular flexibility index (Phi) is 4.19. The summed E-state index contributed by atoms with van der Waals surface area (Å²) in [5.41, 5.74) is 0. The van der Waals surface area contributed by atoms with Gasteiger partial charge >= 0.3 is 0 Å². The van der Waals surface area contributed by atoms with Gasteiger partial charge in [-0.2, -0.15) is 0 Å². The maximum atomic E-state index is 9.51. The molecule has 1 saturated carbocycles. The highest BCUT2D eigenvalue weighted by Gasteiger charge is 2.28. The highest BCUT2D eigenvalue weighted by molar-refractivity contribution is 4.84. The van der Waals surface area contributed by atoms with Crippen molar-refractivity contribution in [3.63, 3.8) is 0 Å². The van der Waals surface area contributed by atoms with Gasteiger partial charge in [0.2, 0.25) is 0 Å². The number of nitrogens with zero attached hydrogens (tertiary/aromatic N) is 2. The van der Waals surface area contributed by atoms with Crippen LogP contribution in [0.4, 0.5) is 0 Å². The summed E-state index contributed by atoms with van der Waals surface area (Å²) in [6.45, 7) is 2.04. The highest BCUT2D eigenvalue weighted by atomic mass is 16.3. The predicted octanol–water partition coefficient (Wildman–Crippen LogP) is 0.560. The molecule has 4 heteroatoms. The Labute approximate surface area is 98.4 Å². The number of rotatable bonds is 2. The third-order valence-corrected chi connectivity index (χ3v) is 4.32. The topological polar surface area (TPSA) is 52.7 Å². The predicted molar refractivity (Wildman–Crippen MR) is 64.8 cm³/mol. The smallest absolute Gasteiger partial charge is 0.0541 e. The lowest BCUT2D eigenvalue weighted by Gasteiger charge is -2.41. The molecule has 0 amide bonds. The molecule has 0 aromatic carbocycles. The van der Waals surface area contributed by atoms with Crippen LogP contribution >= 0.6 is 0 Å². The average molecular weight is 227 g/mol. The van der Waals surface area contributed by atoms with Crippen LogP contribution in [-0.2, 0) is 0 Å². The van der Waals surface area contributed by atoms with Crippen molar-refractivity contribution in [2.45, 2.75) is 56.7 Å². The third kappa shape index (κ3) is 2.94. The van der Waals surface area contributed by atoms with Crippen molar-refractivity contribution in [3.8, 4) is 0 Å². The van der Waals surface area contributed by atoms with E-state index in [1.54, 1.807) is 0 Å². The third-order valence-electron chi connectivity index (χ3n) is 4.32. The van der Waals surface area contributed by atoms with Crippen LogP contribution in [-0.4, -0.2) is 53.3 Å². The van der Waals surface area contributed by atoms with Crippen molar-refractivity contribution in [2.24, 2.45) is 5.84 Å². The second-order valence-corrected chi connectivity index (χ2v) is 5.39. The monoisotopic (exact) mass is 227 g/mol. The molecule has 2 aliphatic rings. The Morgan fingerprint density at radius 1 is 1.00 bits per heavy atom. The Morgan fingerprint density at radius 2 is 1.50 bits per heavy atom. The van der Waals surface area contributed by atoms with E-state index < -0.39 is 0 Å². The van der Waals surface area contributed by atoms with Crippen LogP contribution in [0.1, 0.15) is 38.5 Å². The largest absolute Gasteiger partial charge is 0.393 e. The lowest BCUT2D eigenvalue weighted by atomic mass is 9.90. The van der Waals surface area contributed by atoms with Crippen molar-refractivity contribution in [2.75, 3.05) is 20.1 Å². The number of hydrazine groups is 1. The molecule has 0 radical (unpaired) electrons. The maximum Gasteiger partial charge on any atom is 0.0541 e. The molecule has 0 aromatic heterocycles. The van der Waals surface area contributed by atoms with E-state index in [9.17, 15) is 5.11 Å². The maximum absolute atomic E-state index is 9.51. The zero-order chi connectivity index (χ0) is 11.5. The minimum Gasteiger partial charge on any atom is -0.393 e. The van der Waals surface area contributed by atoms with Gasteiger partial charge in [-0.15, -0.1) is 0 Å². The minimum absolute atomic E-state index is 0.0458. The Balaban J connectivity index is 1.80. The molecule has 2 rings (SSSR count). The van der Waals surface area contributed by atoms with Crippen molar-refractivity contribution < 1.29 is 5.11 Å². The molecule has 16 heavy (non-hydrogen) atoms. The van der Waals surface area contributed by atoms with Crippen LogP contribution in [0, 0.1) is 0 Å². The van der Waals surface area contributed by atoms with Crippen molar-refractivity contribution in [1.29, 1.82) is 0 Å². The van der Waals surface area contributed by atoms with Gasteiger partial charge in [0.05, 0.1) is 6.10 Å². The number of nitrogens with two attached hydrogens (primary N) is 1. The molecule has 4 nitrogen and oxygen atoms in total. The van der Waals surface area contributed by atoms with Crippen LogP contribution in [0.2, 0.25) is 0 Å². The molecule has 2 fully saturated rings. The van der Waals surface area contributed by atoms with Gasteiger partial charge in [-0.3, -0.25) is 5.84 Å². The van der Waals surface area contributed by atoms with Crippen molar-refractivity contribution in [3.05, 3.63) is 0 Å². The van der Waals surface area contributed by atoms with Gasteiger partial charge in [-0.1, -0.05) is 0 Å². The van der Waals surface area contributed by atoms with Crippen molar-refractivity contribution in [1.82, 2.24) is 9.91 Å². The number of hydrogen-bond acceptors (Lipinski definition) is 4. The van der Waals surface area contributed by atoms with E-state index in [4.69, 9.17) is 5.84 Å². The van der Waals surface area contributed by atoms with E-state index in [2.05, 4.69) is 11.9 Å². The average Bonchev–Trinajstić information content (AvgIpc) is 2.30. The first-order valence-corrected chi connectivity index (χ1v) is 6.56. The van der Waals surface area contributed by atoms with Crippen LogP contribution in [0.25, 0.3) is 0 Å². The lowest BCUT2D eigenvalue weighted by molar-refractivity contribution is 0.0456. The molecule has 1 aliphatic heterocycles. The summed E-state index contributed by atoms with van der Waals surface area (Å²) < 4.78 is 0. The fraction of sp³-hybridized carbons (Fsp3) is 1.00. The van der Waals surface area contributed by atoms with E-state index in [-0.39, 0.29) is 6.10 Å². The van der Waals surface area contributed by atoms with Crippen LogP contribution in [0.3, 0.4) is 0 Å². The molecule has 0 aromatic rings. The van der Waals surface area contributed by atoms with Gasteiger partial charge in [0, 0.05) is 25.2 Å². The fourth-order valence-electron chi connectivity index (χ4n) is 3.06. The van der Waals surface area contributed by atoms with Gasteiger partial charge in [-0.25, -0.2) is 5.01 Å². The van der Waals surface area contributed by atoms with E-state index >= 15 is 0 Å². The molecule has 1 saturated heterocycles. The summed E-state index contributed by atoms with van der Waals surface area (Å²) >= 11 is 0. The Hall–Kier alpha value is -0.160. The standard InChI is InChI=1S/C12H25N3O/c1-14(10-2-4-12(16)5-3-10)11-6-8-15(13)9-7-11/h10-12,16H,2-9,13H2,1H3. The number of aliphatic hydroxyl groups is 1. The van der Waals surface area contributed by atoms with Gasteiger partial charge in [0.1, 0.15) is 0 Å². The van der Waals surface area contributed by atoms with Crippen LogP contribution in [0.5, 0.6) is 0 Å². The van der Waals surface area contributed by atoms with Gasteiger partial charge in [0.25, 0.3) is 0 Å². The molecule has 0 bridgehead atoms. The Morgan fingerprint density at radius 3 is 2.06 bits per heavy atom. The Bertz CT molecular complexity index is 186. The first kappa shape index (κ1) is 12.3. The summed E-state index contributed by atoms with van der Waals surface area (Å²) in [4.78, 5) is 2.54. The van der Waals surface area contributed by atoms with Gasteiger partial charge < -0.3 is 10.0 Å². The van der Waals surface area contributed by atoms with E-state index in [1.165, 1.54) is 12.8 Å². The molecule has 3 N–H and O–H groups in total. The van der Waals surface area contributed by atoms with E-state index in [0.29, 0.717) is 12.1 Å². The molecule has 94 valence electrons. The first-order valence-electron chi connectivity index (χ1n) is 6.56. The summed E-state index contributed by atoms with van der Waals surface area (Å²) in [7, 11) is 2.25. The first-order chi connectivity index (χ1) is 7.66. The molecular weight excluding hydrogens is 202 g/mol. The molecule has 1 aliphatic carbocycles. The van der Waals surface area contributed by atoms with E-state index in [1.807, 2.05) is 5.01 Å². The number of hydrogen-bond donors (Lipinski definition) is 2. The highest BCUT2D eigenvalue weighted by Crippen LogP contribution is 2.26. The van der Waals surface area contributed by atoms with Gasteiger partial charge in [0.15, 0.2) is 0 Å². The summed E-state index contributed by atoms with van der Waals surface area (Å²) in [5, 5.41) is 11.4. The number of aliphatic hydroxyl groups excluding tert-OH is 1. The molecule has 0 unspecified atom stereocenters. The zero-order valence-corrected chi connectivity index (χ0v) is 10.3. The van der Waals surface area contributed by atoms with Crippen LogP contribution < -0.4 is 5.84 Å². The quantitative estimate of drug-likeness (QED) is 0.677. The molecule has 0 atom stereocenters. The fourth-order valence-corrected chi connectivity index (χ4v) is 3.06. The number of piperidine rings is 1. The van der Waals surface area contributed by atoms with Gasteiger partial charge in [-0.05, 0) is 45.6 Å². The summed E-state index contributed by atoms with van der Waals surface area (Å²) in [6.07, 6.45) is 6.59. The second kappa shape index (κ2) is 5.45. The van der Waals surface area contributed by atoms with E-state index in [0.717, 1.165) is 38.8 Å². The van der Waals surface area contributed by atoms with Crippen molar-refractivity contribution >= 4 is 0 Å². The molecule has 1 heterocycles. The molecule has 0 spiro atoms. The SMILES string of the molecule is CN(C1CCC(O)CC1)C1CCN(N)CC1. The second-order valence-electron chi connectivity index (χ2n) is 5.39. The zero-order valence-electron chi connectivity index (χ0n) is 10.3. The van der Waals surface area contributed by atoms with Crippen LogP contribution in [0.15, 0.2) is 0 Å². The minimum atomic E-state index is -0.0458.